The molecule has 1 fully saturated rings. The first-order valence-corrected chi connectivity index (χ1v) is 5.79. The number of benzene rings is 1. The fraction of sp³-hybridized carbons (Fsp3) is 0.462. The Kier molecular flexibility index (Phi) is 3.22. The predicted molar refractivity (Wildman–Crippen MR) is 60.7 cm³/mol. The Morgan fingerprint density at radius 2 is 2.12 bits per heavy atom. The molecule has 0 spiro atoms. The average Bonchev–Trinajstić information content (AvgIpc) is 2.77. The first kappa shape index (κ1) is 11.1. The Morgan fingerprint density at radius 1 is 1.44 bits per heavy atom. The van der Waals surface area contributed by atoms with Crippen molar-refractivity contribution < 1.29 is 9.18 Å². The van der Waals surface area contributed by atoms with Gasteiger partial charge in [-0.1, -0.05) is 6.92 Å². The van der Waals surface area contributed by atoms with Gasteiger partial charge in [0.05, 0.1) is 0 Å². The van der Waals surface area contributed by atoms with E-state index >= 15 is 0 Å². The Labute approximate surface area is 95.1 Å². The second-order valence-corrected chi connectivity index (χ2v) is 4.21. The molecule has 0 aromatic heterocycles. The minimum atomic E-state index is -0.301. The topological polar surface area (TPSA) is 20.3 Å². The van der Waals surface area contributed by atoms with Crippen molar-refractivity contribution in [3.63, 3.8) is 0 Å². The maximum Gasteiger partial charge on any atom is 0.254 e. The molecular weight excluding hydrogens is 205 g/mol. The van der Waals surface area contributed by atoms with Crippen LogP contribution < -0.4 is 0 Å². The SMILES string of the molecule is CC[C@@H]1CCCN1C(=O)c1ccc(F)cc1. The van der Waals surface area contributed by atoms with Gasteiger partial charge in [-0.2, -0.15) is 0 Å². The molecule has 0 bridgehead atoms. The summed E-state index contributed by atoms with van der Waals surface area (Å²) < 4.78 is 12.7. The summed E-state index contributed by atoms with van der Waals surface area (Å²) in [6, 6.07) is 6.15. The van der Waals surface area contributed by atoms with E-state index in [9.17, 15) is 9.18 Å². The minimum absolute atomic E-state index is 0.0318. The molecule has 1 aliphatic rings. The van der Waals surface area contributed by atoms with E-state index in [2.05, 4.69) is 6.92 Å². The van der Waals surface area contributed by atoms with Crippen molar-refractivity contribution in [1.82, 2.24) is 4.90 Å². The number of carbonyl (C=O) groups excluding carboxylic acids is 1. The first-order valence-electron chi connectivity index (χ1n) is 5.79. The molecule has 0 aliphatic carbocycles. The van der Waals surface area contributed by atoms with Gasteiger partial charge in [-0.3, -0.25) is 4.79 Å². The van der Waals surface area contributed by atoms with Gasteiger partial charge < -0.3 is 4.90 Å². The number of halogens is 1. The Hall–Kier alpha value is -1.38. The molecule has 86 valence electrons. The van der Waals surface area contributed by atoms with Crippen LogP contribution in [0.3, 0.4) is 0 Å². The summed E-state index contributed by atoms with van der Waals surface area (Å²) in [6.07, 6.45) is 3.15. The summed E-state index contributed by atoms with van der Waals surface area (Å²) in [5.41, 5.74) is 0.585. The van der Waals surface area contributed by atoms with Gasteiger partial charge in [0, 0.05) is 18.2 Å². The highest BCUT2D eigenvalue weighted by atomic mass is 19.1. The van der Waals surface area contributed by atoms with Crippen molar-refractivity contribution in [3.05, 3.63) is 35.6 Å². The van der Waals surface area contributed by atoms with Gasteiger partial charge in [0.1, 0.15) is 5.82 Å². The van der Waals surface area contributed by atoms with Gasteiger partial charge in [0.15, 0.2) is 0 Å². The molecule has 1 aromatic rings. The molecule has 2 rings (SSSR count). The Bertz CT molecular complexity index is 374. The van der Waals surface area contributed by atoms with Crippen LogP contribution in [0.1, 0.15) is 36.5 Å². The fourth-order valence-corrected chi connectivity index (χ4v) is 2.29. The molecule has 1 aliphatic heterocycles. The van der Waals surface area contributed by atoms with Crippen LogP contribution in [0.2, 0.25) is 0 Å². The quantitative estimate of drug-likeness (QED) is 0.752. The molecule has 1 atom stereocenters. The predicted octanol–water partition coefficient (Wildman–Crippen LogP) is 2.84. The standard InChI is InChI=1S/C13H16FNO/c1-2-12-4-3-9-15(12)13(16)10-5-7-11(14)8-6-10/h5-8,12H,2-4,9H2,1H3/t12-/m1/s1. The zero-order valence-corrected chi connectivity index (χ0v) is 9.45. The molecule has 0 saturated carbocycles. The zero-order valence-electron chi connectivity index (χ0n) is 9.45. The fourth-order valence-electron chi connectivity index (χ4n) is 2.29. The summed E-state index contributed by atoms with van der Waals surface area (Å²) in [5.74, 6) is -0.269. The van der Waals surface area contributed by atoms with Crippen molar-refractivity contribution in [2.45, 2.75) is 32.2 Å². The van der Waals surface area contributed by atoms with E-state index in [1.54, 1.807) is 12.1 Å². The maximum atomic E-state index is 12.7. The molecule has 3 heteroatoms. The third-order valence-electron chi connectivity index (χ3n) is 3.20. The monoisotopic (exact) mass is 221 g/mol. The van der Waals surface area contributed by atoms with E-state index < -0.39 is 0 Å². The largest absolute Gasteiger partial charge is 0.336 e. The Morgan fingerprint density at radius 3 is 2.75 bits per heavy atom. The molecule has 1 aromatic carbocycles. The highest BCUT2D eigenvalue weighted by molar-refractivity contribution is 5.94. The van der Waals surface area contributed by atoms with Gasteiger partial charge in [-0.05, 0) is 43.5 Å². The molecule has 1 saturated heterocycles. The van der Waals surface area contributed by atoms with Crippen LogP contribution in [0.15, 0.2) is 24.3 Å². The van der Waals surface area contributed by atoms with E-state index in [4.69, 9.17) is 0 Å². The second-order valence-electron chi connectivity index (χ2n) is 4.21. The van der Waals surface area contributed by atoms with Gasteiger partial charge in [0.25, 0.3) is 5.91 Å². The van der Waals surface area contributed by atoms with Crippen LogP contribution in [-0.4, -0.2) is 23.4 Å². The summed E-state index contributed by atoms with van der Waals surface area (Å²) in [6.45, 7) is 2.93. The lowest BCUT2D eigenvalue weighted by atomic mass is 10.1. The molecular formula is C13H16FNO. The number of nitrogens with zero attached hydrogens (tertiary/aromatic N) is 1. The van der Waals surface area contributed by atoms with Gasteiger partial charge in [-0.15, -0.1) is 0 Å². The number of amides is 1. The summed E-state index contributed by atoms with van der Waals surface area (Å²) in [4.78, 5) is 14.0. The van der Waals surface area contributed by atoms with Gasteiger partial charge in [0.2, 0.25) is 0 Å². The maximum absolute atomic E-state index is 12.7. The van der Waals surface area contributed by atoms with Gasteiger partial charge >= 0.3 is 0 Å². The van der Waals surface area contributed by atoms with E-state index in [1.807, 2.05) is 4.90 Å². The van der Waals surface area contributed by atoms with Crippen molar-refractivity contribution in [2.24, 2.45) is 0 Å². The average molecular weight is 221 g/mol. The number of hydrogen-bond acceptors (Lipinski definition) is 1. The molecule has 1 amide bonds. The van der Waals surface area contributed by atoms with E-state index in [-0.39, 0.29) is 11.7 Å². The first-order chi connectivity index (χ1) is 7.72. The van der Waals surface area contributed by atoms with Crippen molar-refractivity contribution in [3.8, 4) is 0 Å². The van der Waals surface area contributed by atoms with Crippen LogP contribution in [-0.2, 0) is 0 Å². The van der Waals surface area contributed by atoms with Gasteiger partial charge in [-0.25, -0.2) is 4.39 Å². The smallest absolute Gasteiger partial charge is 0.254 e. The molecule has 0 radical (unpaired) electrons. The van der Waals surface area contributed by atoms with Crippen LogP contribution in [0.25, 0.3) is 0 Å². The normalized spacial score (nSPS) is 20.1. The van der Waals surface area contributed by atoms with Crippen molar-refractivity contribution >= 4 is 5.91 Å². The van der Waals surface area contributed by atoms with Crippen LogP contribution in [0.5, 0.6) is 0 Å². The lowest BCUT2D eigenvalue weighted by Crippen LogP contribution is -2.35. The van der Waals surface area contributed by atoms with Crippen LogP contribution in [0.4, 0.5) is 4.39 Å². The highest BCUT2D eigenvalue weighted by Crippen LogP contribution is 2.22. The van der Waals surface area contributed by atoms with E-state index in [0.29, 0.717) is 11.6 Å². The van der Waals surface area contributed by atoms with Crippen molar-refractivity contribution in [2.75, 3.05) is 6.54 Å². The van der Waals surface area contributed by atoms with Crippen molar-refractivity contribution in [1.29, 1.82) is 0 Å². The highest BCUT2D eigenvalue weighted by Gasteiger charge is 2.27. The number of rotatable bonds is 2. The zero-order chi connectivity index (χ0) is 11.5. The number of hydrogen-bond donors (Lipinski definition) is 0. The molecule has 0 unspecified atom stereocenters. The number of likely N-dealkylation sites (tertiary alicyclic amines) is 1. The third kappa shape index (κ3) is 2.08. The molecule has 1 heterocycles. The summed E-state index contributed by atoms with van der Waals surface area (Å²) in [5, 5.41) is 0. The van der Waals surface area contributed by atoms with Crippen LogP contribution >= 0.6 is 0 Å². The lowest BCUT2D eigenvalue weighted by Gasteiger charge is -2.23. The van der Waals surface area contributed by atoms with Crippen LogP contribution in [0, 0.1) is 5.82 Å². The molecule has 0 N–H and O–H groups in total. The second kappa shape index (κ2) is 4.64. The lowest BCUT2D eigenvalue weighted by molar-refractivity contribution is 0.0733. The molecule has 2 nitrogen and oxygen atoms in total. The van der Waals surface area contributed by atoms with E-state index in [1.165, 1.54) is 12.1 Å². The molecule has 16 heavy (non-hydrogen) atoms. The summed E-state index contributed by atoms with van der Waals surface area (Å²) in [7, 11) is 0. The van der Waals surface area contributed by atoms with E-state index in [0.717, 1.165) is 25.8 Å². The number of carbonyl (C=O) groups is 1. The minimum Gasteiger partial charge on any atom is -0.336 e. The Balaban J connectivity index is 2.15. The third-order valence-corrected chi connectivity index (χ3v) is 3.20. The summed E-state index contributed by atoms with van der Waals surface area (Å²) >= 11 is 0.